The molecule has 1 aliphatic heterocycles. The standard InChI is InChI=1S/C21H23FN2O2/c1-15-3-2-4-17(11-15)13-24-14-18(12-20(24)25)21(26)23-10-9-16-5-7-19(22)8-6-16/h2-8,11,18H,9-10,12-14H2,1H3,(H,23,26). The molecule has 1 saturated heterocycles. The summed E-state index contributed by atoms with van der Waals surface area (Å²) >= 11 is 0. The Labute approximate surface area is 153 Å². The molecule has 1 N–H and O–H groups in total. The summed E-state index contributed by atoms with van der Waals surface area (Å²) in [5.74, 6) is -0.645. The van der Waals surface area contributed by atoms with Crippen LogP contribution < -0.4 is 5.32 Å². The molecule has 0 saturated carbocycles. The molecule has 1 heterocycles. The Kier molecular flexibility index (Phi) is 5.66. The molecule has 0 aromatic heterocycles. The summed E-state index contributed by atoms with van der Waals surface area (Å²) in [4.78, 5) is 26.3. The van der Waals surface area contributed by atoms with Gasteiger partial charge in [0.1, 0.15) is 5.82 Å². The van der Waals surface area contributed by atoms with E-state index in [1.165, 1.54) is 12.1 Å². The van der Waals surface area contributed by atoms with Gasteiger partial charge in [0.2, 0.25) is 11.8 Å². The number of likely N-dealkylation sites (tertiary alicyclic amines) is 1. The third-order valence-corrected chi connectivity index (χ3v) is 4.67. The second-order valence-electron chi connectivity index (χ2n) is 6.83. The van der Waals surface area contributed by atoms with Crippen LogP contribution in [0, 0.1) is 18.7 Å². The van der Waals surface area contributed by atoms with Gasteiger partial charge in [-0.25, -0.2) is 4.39 Å². The fraction of sp³-hybridized carbons (Fsp3) is 0.333. The van der Waals surface area contributed by atoms with Gasteiger partial charge in [0.25, 0.3) is 0 Å². The summed E-state index contributed by atoms with van der Waals surface area (Å²) in [5, 5.41) is 2.89. The van der Waals surface area contributed by atoms with E-state index in [1.807, 2.05) is 25.1 Å². The van der Waals surface area contributed by atoms with Crippen LogP contribution in [-0.4, -0.2) is 29.8 Å². The average Bonchev–Trinajstić information content (AvgIpc) is 2.97. The first-order chi connectivity index (χ1) is 12.5. The Morgan fingerprint density at radius 1 is 1.19 bits per heavy atom. The van der Waals surface area contributed by atoms with Crippen molar-refractivity contribution in [3.05, 3.63) is 71.0 Å². The Morgan fingerprint density at radius 2 is 1.96 bits per heavy atom. The predicted octanol–water partition coefficient (Wildman–Crippen LogP) is 2.84. The van der Waals surface area contributed by atoms with Crippen LogP contribution in [0.5, 0.6) is 0 Å². The molecule has 2 aromatic carbocycles. The van der Waals surface area contributed by atoms with Gasteiger partial charge in [-0.2, -0.15) is 0 Å². The molecule has 26 heavy (non-hydrogen) atoms. The smallest absolute Gasteiger partial charge is 0.225 e. The first-order valence-corrected chi connectivity index (χ1v) is 8.87. The first-order valence-electron chi connectivity index (χ1n) is 8.87. The third kappa shape index (κ3) is 4.69. The summed E-state index contributed by atoms with van der Waals surface area (Å²) in [6.07, 6.45) is 0.897. The molecule has 4 nitrogen and oxygen atoms in total. The zero-order valence-electron chi connectivity index (χ0n) is 14.9. The van der Waals surface area contributed by atoms with Crippen LogP contribution in [-0.2, 0) is 22.6 Å². The van der Waals surface area contributed by atoms with Crippen LogP contribution in [0.15, 0.2) is 48.5 Å². The molecule has 0 radical (unpaired) electrons. The lowest BCUT2D eigenvalue weighted by Crippen LogP contribution is -2.34. The Morgan fingerprint density at radius 3 is 2.69 bits per heavy atom. The normalized spacial score (nSPS) is 16.8. The van der Waals surface area contributed by atoms with Gasteiger partial charge in [-0.15, -0.1) is 0 Å². The van der Waals surface area contributed by atoms with Crippen molar-refractivity contribution in [2.24, 2.45) is 5.92 Å². The van der Waals surface area contributed by atoms with Crippen LogP contribution in [0.2, 0.25) is 0 Å². The summed E-state index contributed by atoms with van der Waals surface area (Å²) in [7, 11) is 0. The summed E-state index contributed by atoms with van der Waals surface area (Å²) in [6, 6.07) is 14.3. The largest absolute Gasteiger partial charge is 0.355 e. The number of hydrogen-bond donors (Lipinski definition) is 1. The van der Waals surface area contributed by atoms with Crippen LogP contribution >= 0.6 is 0 Å². The Bertz CT molecular complexity index is 789. The lowest BCUT2D eigenvalue weighted by Gasteiger charge is -2.17. The molecule has 1 aliphatic rings. The SMILES string of the molecule is Cc1cccc(CN2CC(C(=O)NCCc3ccc(F)cc3)CC2=O)c1. The molecule has 3 rings (SSSR count). The fourth-order valence-electron chi connectivity index (χ4n) is 3.26. The number of nitrogens with zero attached hydrogens (tertiary/aromatic N) is 1. The van der Waals surface area contributed by atoms with Crippen molar-refractivity contribution in [2.45, 2.75) is 26.3 Å². The quantitative estimate of drug-likeness (QED) is 0.867. The van der Waals surface area contributed by atoms with Gasteiger partial charge in [-0.05, 0) is 36.6 Å². The number of carbonyl (C=O) groups is 2. The van der Waals surface area contributed by atoms with Gasteiger partial charge in [-0.1, -0.05) is 42.0 Å². The second-order valence-corrected chi connectivity index (χ2v) is 6.83. The van der Waals surface area contributed by atoms with Gasteiger partial charge < -0.3 is 10.2 Å². The molecule has 0 aliphatic carbocycles. The van der Waals surface area contributed by atoms with E-state index in [0.29, 0.717) is 26.1 Å². The highest BCUT2D eigenvalue weighted by atomic mass is 19.1. The van der Waals surface area contributed by atoms with Crippen molar-refractivity contribution in [1.82, 2.24) is 10.2 Å². The topological polar surface area (TPSA) is 49.4 Å². The zero-order valence-corrected chi connectivity index (χ0v) is 14.9. The number of halogens is 1. The summed E-state index contributed by atoms with van der Waals surface area (Å²) in [5.41, 5.74) is 3.20. The highest BCUT2D eigenvalue weighted by Gasteiger charge is 2.33. The number of hydrogen-bond acceptors (Lipinski definition) is 2. The van der Waals surface area contributed by atoms with Crippen molar-refractivity contribution in [3.63, 3.8) is 0 Å². The number of nitrogens with one attached hydrogen (secondary N) is 1. The maximum Gasteiger partial charge on any atom is 0.225 e. The van der Waals surface area contributed by atoms with Crippen LogP contribution in [0.1, 0.15) is 23.1 Å². The monoisotopic (exact) mass is 354 g/mol. The molecule has 136 valence electrons. The minimum Gasteiger partial charge on any atom is -0.355 e. The van der Waals surface area contributed by atoms with Crippen LogP contribution in [0.4, 0.5) is 4.39 Å². The highest BCUT2D eigenvalue weighted by Crippen LogP contribution is 2.20. The molecule has 2 aromatic rings. The van der Waals surface area contributed by atoms with Crippen molar-refractivity contribution >= 4 is 11.8 Å². The Balaban J connectivity index is 1.48. The molecule has 1 unspecified atom stereocenters. The van der Waals surface area contributed by atoms with E-state index in [1.54, 1.807) is 17.0 Å². The van der Waals surface area contributed by atoms with E-state index >= 15 is 0 Å². The number of benzene rings is 2. The molecule has 0 bridgehead atoms. The second kappa shape index (κ2) is 8.13. The van der Waals surface area contributed by atoms with E-state index in [-0.39, 0.29) is 30.0 Å². The Hall–Kier alpha value is -2.69. The first kappa shape index (κ1) is 18.1. The average molecular weight is 354 g/mol. The van der Waals surface area contributed by atoms with E-state index in [9.17, 15) is 14.0 Å². The van der Waals surface area contributed by atoms with Crippen molar-refractivity contribution in [3.8, 4) is 0 Å². The summed E-state index contributed by atoms with van der Waals surface area (Å²) < 4.78 is 12.9. The van der Waals surface area contributed by atoms with Gasteiger partial charge >= 0.3 is 0 Å². The highest BCUT2D eigenvalue weighted by molar-refractivity contribution is 5.89. The van der Waals surface area contributed by atoms with Gasteiger partial charge in [-0.3, -0.25) is 9.59 Å². The lowest BCUT2D eigenvalue weighted by atomic mass is 10.1. The number of aryl methyl sites for hydroxylation is 1. The van der Waals surface area contributed by atoms with E-state index < -0.39 is 0 Å². The number of amides is 2. The lowest BCUT2D eigenvalue weighted by molar-refractivity contribution is -0.129. The molecule has 0 spiro atoms. The van der Waals surface area contributed by atoms with E-state index in [4.69, 9.17) is 0 Å². The molecule has 2 amide bonds. The minimum absolute atomic E-state index is 0.0187. The molecule has 5 heteroatoms. The molecular weight excluding hydrogens is 331 g/mol. The minimum atomic E-state index is -0.305. The maximum atomic E-state index is 12.9. The third-order valence-electron chi connectivity index (χ3n) is 4.67. The maximum absolute atomic E-state index is 12.9. The fourth-order valence-corrected chi connectivity index (χ4v) is 3.26. The van der Waals surface area contributed by atoms with E-state index in [0.717, 1.165) is 16.7 Å². The zero-order chi connectivity index (χ0) is 18.5. The van der Waals surface area contributed by atoms with Crippen LogP contribution in [0.25, 0.3) is 0 Å². The molecule has 1 fully saturated rings. The van der Waals surface area contributed by atoms with Crippen molar-refractivity contribution < 1.29 is 14.0 Å². The number of carbonyl (C=O) groups excluding carboxylic acids is 2. The van der Waals surface area contributed by atoms with E-state index in [2.05, 4.69) is 11.4 Å². The van der Waals surface area contributed by atoms with Gasteiger partial charge in [0.05, 0.1) is 5.92 Å². The summed E-state index contributed by atoms with van der Waals surface area (Å²) in [6.45, 7) is 3.49. The van der Waals surface area contributed by atoms with Crippen LogP contribution in [0.3, 0.4) is 0 Å². The molecular formula is C21H23FN2O2. The van der Waals surface area contributed by atoms with Gasteiger partial charge in [0, 0.05) is 26.1 Å². The van der Waals surface area contributed by atoms with Crippen molar-refractivity contribution in [2.75, 3.05) is 13.1 Å². The molecule has 1 atom stereocenters. The predicted molar refractivity (Wildman–Crippen MR) is 97.8 cm³/mol. The number of rotatable bonds is 6. The van der Waals surface area contributed by atoms with Gasteiger partial charge in [0.15, 0.2) is 0 Å². The van der Waals surface area contributed by atoms with Crippen molar-refractivity contribution in [1.29, 1.82) is 0 Å².